The third kappa shape index (κ3) is 8.11. The maximum absolute atomic E-state index is 16.7. The summed E-state index contributed by atoms with van der Waals surface area (Å²) in [5.74, 6) is -3.19. The fourth-order valence-electron chi connectivity index (χ4n) is 11.2. The second kappa shape index (κ2) is 16.8. The van der Waals surface area contributed by atoms with E-state index in [9.17, 15) is 27.6 Å². The number of ether oxygens (including phenoxy) is 1. The van der Waals surface area contributed by atoms with Gasteiger partial charge in [-0.15, -0.1) is 0 Å². The summed E-state index contributed by atoms with van der Waals surface area (Å²) in [5, 5.41) is 5.46. The molecule has 0 unspecified atom stereocenters. The maximum atomic E-state index is 16.7. The number of piperidine rings is 1. The average molecular weight is 951 g/mol. The number of carbonyl (C=O) groups excluding carboxylic acids is 4. The van der Waals surface area contributed by atoms with Crippen LogP contribution in [0.2, 0.25) is 0 Å². The van der Waals surface area contributed by atoms with Crippen molar-refractivity contribution in [1.29, 1.82) is 0 Å². The number of nitrogens with zero attached hydrogens (tertiary/aromatic N) is 4. The zero-order valence-electron chi connectivity index (χ0n) is 38.7. The summed E-state index contributed by atoms with van der Waals surface area (Å²) in [6.07, 6.45) is 7.21. The van der Waals surface area contributed by atoms with Crippen LogP contribution in [0.4, 0.5) is 13.6 Å². The number of rotatable bonds is 13. The quantitative estimate of drug-likeness (QED) is 0.0920. The molecule has 18 heteroatoms. The number of nitrogens with one attached hydrogen (secondary N) is 4. The molecule has 10 rings (SSSR count). The van der Waals surface area contributed by atoms with Gasteiger partial charge in [0.25, 0.3) is 5.92 Å². The van der Waals surface area contributed by atoms with Crippen molar-refractivity contribution in [2.45, 2.75) is 108 Å². The molecule has 4 heterocycles. The van der Waals surface area contributed by atoms with Gasteiger partial charge >= 0.3 is 6.09 Å². The molecular weight excluding hydrogens is 895 g/mol. The molecule has 5 aromatic rings. The summed E-state index contributed by atoms with van der Waals surface area (Å²) < 4.78 is 62.3. The number of benzene rings is 3. The molecule has 68 heavy (non-hydrogen) atoms. The second-order valence-corrected chi connectivity index (χ2v) is 22.2. The summed E-state index contributed by atoms with van der Waals surface area (Å²) in [4.78, 5) is 72.8. The Labute approximate surface area is 393 Å². The number of likely N-dealkylation sites (tertiary alicyclic amines) is 2. The first-order chi connectivity index (χ1) is 32.4. The van der Waals surface area contributed by atoms with Gasteiger partial charge in [-0.05, 0) is 109 Å². The number of alkyl halides is 2. The zero-order chi connectivity index (χ0) is 48.0. The minimum Gasteiger partial charge on any atom is -0.453 e. The first-order valence-corrected chi connectivity index (χ1v) is 25.6. The number of carbonyl (C=O) groups is 4. The van der Waals surface area contributed by atoms with Crippen molar-refractivity contribution in [1.82, 2.24) is 40.4 Å². The van der Waals surface area contributed by atoms with Gasteiger partial charge in [-0.3, -0.25) is 14.4 Å². The summed E-state index contributed by atoms with van der Waals surface area (Å²) in [6, 6.07) is 13.0. The molecule has 15 nitrogen and oxygen atoms in total. The highest BCUT2D eigenvalue weighted by Gasteiger charge is 2.55. The first-order valence-electron chi connectivity index (χ1n) is 23.5. The molecule has 2 bridgehead atoms. The van der Waals surface area contributed by atoms with Gasteiger partial charge in [0.15, 0.2) is 0 Å². The molecular formula is C50H56F2N8O7S. The Balaban J connectivity index is 0.890. The Bertz CT molecular complexity index is 2980. The molecule has 0 radical (unpaired) electrons. The van der Waals surface area contributed by atoms with Crippen LogP contribution >= 0.6 is 0 Å². The Hall–Kier alpha value is -6.17. The fourth-order valence-corrected chi connectivity index (χ4v) is 11.9. The normalized spacial score (nSPS) is 22.6. The molecule has 2 aliphatic heterocycles. The van der Waals surface area contributed by atoms with E-state index < -0.39 is 45.9 Å². The lowest BCUT2D eigenvalue weighted by Crippen LogP contribution is -2.52. The van der Waals surface area contributed by atoms with Crippen molar-refractivity contribution < 1.29 is 41.1 Å². The van der Waals surface area contributed by atoms with E-state index in [2.05, 4.69) is 20.6 Å². The van der Waals surface area contributed by atoms with Crippen LogP contribution in [0, 0.1) is 17.3 Å². The summed E-state index contributed by atoms with van der Waals surface area (Å²) in [7, 11) is -2.25. The van der Waals surface area contributed by atoms with Gasteiger partial charge in [-0.2, -0.15) is 8.78 Å². The van der Waals surface area contributed by atoms with E-state index in [0.29, 0.717) is 62.7 Å². The zero-order valence-corrected chi connectivity index (χ0v) is 39.5. The number of alkyl carbamates (subject to hydrolysis) is 1. The lowest BCUT2D eigenvalue weighted by atomic mass is 9.97. The number of halogens is 2. The Morgan fingerprint density at radius 2 is 1.60 bits per heavy atom. The van der Waals surface area contributed by atoms with Crippen LogP contribution in [0.15, 0.2) is 60.8 Å². The monoisotopic (exact) mass is 950 g/mol. The predicted octanol–water partition coefficient (Wildman–Crippen LogP) is 7.56. The summed E-state index contributed by atoms with van der Waals surface area (Å²) in [5.41, 5.74) is 4.37. The minimum atomic E-state index is -3.43. The van der Waals surface area contributed by atoms with Gasteiger partial charge in [-0.1, -0.05) is 51.1 Å². The molecule has 2 saturated heterocycles. The molecule has 2 saturated carbocycles. The van der Waals surface area contributed by atoms with E-state index >= 15 is 8.78 Å². The lowest BCUT2D eigenvalue weighted by Gasteiger charge is -2.36. The van der Waals surface area contributed by atoms with Crippen molar-refractivity contribution in [3.8, 4) is 33.5 Å². The van der Waals surface area contributed by atoms with Crippen LogP contribution in [0.5, 0.6) is 0 Å². The molecule has 4 fully saturated rings. The van der Waals surface area contributed by atoms with Gasteiger partial charge in [0.05, 0.1) is 47.9 Å². The van der Waals surface area contributed by atoms with Gasteiger partial charge in [0, 0.05) is 42.0 Å². The Morgan fingerprint density at radius 3 is 2.28 bits per heavy atom. The highest BCUT2D eigenvalue weighted by molar-refractivity contribution is 7.90. The van der Waals surface area contributed by atoms with Crippen LogP contribution in [0.25, 0.3) is 44.5 Å². The van der Waals surface area contributed by atoms with Crippen molar-refractivity contribution in [3.05, 3.63) is 83.6 Å². The van der Waals surface area contributed by atoms with E-state index in [-0.39, 0.29) is 70.9 Å². The molecule has 3 aromatic carbocycles. The topological polar surface area (TPSA) is 200 Å². The number of hydrogen-bond donors (Lipinski definition) is 4. The van der Waals surface area contributed by atoms with Crippen LogP contribution in [-0.2, 0) is 34.9 Å². The summed E-state index contributed by atoms with van der Waals surface area (Å²) >= 11 is 0. The standard InChI is InChI=1S/C50H56F2N8O7S/c1-6-41(61)58-42(26(2)3)47(63)59-25-49(16-17-49)23-40(59)44-53-24-39(56-44)29-9-13-33-32-12-8-27(20-34(32)50(51,52)35(33)21-29)28-10-14-36-38(22-28)55-45(54-36)43-30-7-11-31(19-30)60(43)46(62)37(57-48(64)67-4)15-18-68(5,65)66/h8-10,12-14,20-22,24,26,30-31,37,40,42-43H,6-7,11,15-19,23,25H2,1-5H3,(H,53,56)(H,54,55)(H,57,64)(H,58,61)/t30-,31-,37+,40+,42-,43+/m1/s1. The number of amides is 4. The average Bonchev–Trinajstić information content (AvgIpc) is 3.97. The van der Waals surface area contributed by atoms with E-state index in [1.807, 2.05) is 49.1 Å². The molecule has 5 aliphatic rings. The highest BCUT2D eigenvalue weighted by atomic mass is 32.2. The predicted molar refractivity (Wildman–Crippen MR) is 250 cm³/mol. The molecule has 4 amide bonds. The van der Waals surface area contributed by atoms with Crippen LogP contribution in [0.1, 0.15) is 107 Å². The van der Waals surface area contributed by atoms with Crippen LogP contribution < -0.4 is 10.6 Å². The fraction of sp³-hybridized carbons (Fsp3) is 0.480. The largest absolute Gasteiger partial charge is 0.453 e. The van der Waals surface area contributed by atoms with E-state index in [0.717, 1.165) is 44.8 Å². The third-order valence-electron chi connectivity index (χ3n) is 15.1. The van der Waals surface area contributed by atoms with Crippen molar-refractivity contribution in [2.75, 3.05) is 25.7 Å². The number of hydrogen-bond acceptors (Lipinski definition) is 9. The number of imidazole rings is 2. The minimum absolute atomic E-state index is 0.0257. The van der Waals surface area contributed by atoms with Crippen molar-refractivity contribution in [3.63, 3.8) is 0 Å². The molecule has 1 spiro atoms. The van der Waals surface area contributed by atoms with E-state index in [1.165, 1.54) is 19.2 Å². The first kappa shape index (κ1) is 45.6. The number of aromatic amines is 2. The number of methoxy groups -OCH3 is 1. The Kier molecular flexibility index (Phi) is 11.3. The summed E-state index contributed by atoms with van der Waals surface area (Å²) in [6.45, 7) is 6.17. The van der Waals surface area contributed by atoms with Crippen LogP contribution in [-0.4, -0.2) is 106 Å². The Morgan fingerprint density at radius 1 is 0.912 bits per heavy atom. The third-order valence-corrected chi connectivity index (χ3v) is 16.0. The smallest absolute Gasteiger partial charge is 0.407 e. The molecule has 4 N–H and O–H groups in total. The van der Waals surface area contributed by atoms with Crippen molar-refractivity contribution in [2.24, 2.45) is 17.3 Å². The van der Waals surface area contributed by atoms with Gasteiger partial charge in [0.1, 0.15) is 33.6 Å². The molecule has 358 valence electrons. The van der Waals surface area contributed by atoms with E-state index in [4.69, 9.17) is 14.7 Å². The number of H-pyrrole nitrogens is 2. The number of fused-ring (bicyclic) bond motifs is 6. The SMILES string of the molecule is CCC(=O)N[C@@H](C(=O)N1CC2(CC2)C[C@H]1c1ncc(-c2ccc3c(c2)C(F)(F)c2cc(-c4ccc5nc([C@@H]6[C@@H]7CC[C@H](C7)N6C(=O)[C@H](CCS(C)(=O)=O)NC(=O)OC)[nH]c5c4)ccc2-3)[nH]1)C(C)C. The molecule has 2 aromatic heterocycles. The molecule has 6 atom stereocenters. The second-order valence-electron chi connectivity index (χ2n) is 20.0. The van der Waals surface area contributed by atoms with Gasteiger partial charge in [0.2, 0.25) is 17.7 Å². The number of sulfone groups is 1. The van der Waals surface area contributed by atoms with E-state index in [1.54, 1.807) is 30.2 Å². The van der Waals surface area contributed by atoms with Gasteiger partial charge in [-0.25, -0.2) is 23.2 Å². The molecule has 3 aliphatic carbocycles. The van der Waals surface area contributed by atoms with Crippen molar-refractivity contribution >= 4 is 44.7 Å². The number of aromatic nitrogens is 4. The van der Waals surface area contributed by atoms with Gasteiger partial charge < -0.3 is 35.1 Å². The lowest BCUT2D eigenvalue weighted by molar-refractivity contribution is -0.139. The maximum Gasteiger partial charge on any atom is 0.407 e. The highest BCUT2D eigenvalue weighted by Crippen LogP contribution is 2.59. The van der Waals surface area contributed by atoms with Crippen LogP contribution in [0.3, 0.4) is 0 Å².